The summed E-state index contributed by atoms with van der Waals surface area (Å²) in [5.41, 5.74) is 12.7. The van der Waals surface area contributed by atoms with Crippen molar-refractivity contribution < 1.29 is 4.39 Å². The average molecular weight is 269 g/mol. The number of hydrogen-bond donors (Lipinski definition) is 1. The quantitative estimate of drug-likeness (QED) is 0.876. The Morgan fingerprint density at radius 3 is 2.30 bits per heavy atom. The van der Waals surface area contributed by atoms with E-state index >= 15 is 0 Å². The Balaban J connectivity index is 1.98. The van der Waals surface area contributed by atoms with Gasteiger partial charge in [0.25, 0.3) is 0 Å². The molecule has 1 nitrogen and oxygen atoms in total. The van der Waals surface area contributed by atoms with Crippen LogP contribution in [-0.2, 0) is 12.8 Å². The molecule has 1 aliphatic carbocycles. The van der Waals surface area contributed by atoms with E-state index in [9.17, 15) is 4.39 Å². The molecule has 0 fully saturated rings. The number of hydrogen-bond acceptors (Lipinski definition) is 1. The topological polar surface area (TPSA) is 26.0 Å². The van der Waals surface area contributed by atoms with Crippen molar-refractivity contribution in [3.05, 3.63) is 69.5 Å². The van der Waals surface area contributed by atoms with Gasteiger partial charge in [0.2, 0.25) is 0 Å². The Morgan fingerprint density at radius 2 is 1.60 bits per heavy atom. The zero-order chi connectivity index (χ0) is 14.3. The van der Waals surface area contributed by atoms with Crippen molar-refractivity contribution in [2.24, 2.45) is 5.73 Å². The molecule has 0 spiro atoms. The second-order valence-electron chi connectivity index (χ2n) is 5.83. The Kier molecular flexibility index (Phi) is 3.35. The number of aryl methyl sites for hydroxylation is 4. The monoisotopic (exact) mass is 269 g/mol. The predicted molar refractivity (Wildman–Crippen MR) is 80.4 cm³/mol. The van der Waals surface area contributed by atoms with Gasteiger partial charge in [-0.05, 0) is 66.5 Å². The molecular weight excluding hydrogens is 249 g/mol. The molecule has 2 aromatic rings. The lowest BCUT2D eigenvalue weighted by Crippen LogP contribution is -2.13. The highest BCUT2D eigenvalue weighted by atomic mass is 19.1. The minimum absolute atomic E-state index is 0.130. The molecule has 0 saturated heterocycles. The third kappa shape index (κ3) is 2.25. The lowest BCUT2D eigenvalue weighted by molar-refractivity contribution is 0.607. The molecule has 1 unspecified atom stereocenters. The number of fused-ring (bicyclic) bond motifs is 1. The molecule has 104 valence electrons. The van der Waals surface area contributed by atoms with E-state index in [0.29, 0.717) is 11.1 Å². The smallest absolute Gasteiger partial charge is 0.129 e. The van der Waals surface area contributed by atoms with Crippen LogP contribution in [0.4, 0.5) is 4.39 Å². The standard InChI is InChI=1S/C18H20FN/c1-11-8-16(9-12(2)17(11)19)18(20)15-7-6-13-4-3-5-14(13)10-15/h6-10,18H,3-5,20H2,1-2H3. The van der Waals surface area contributed by atoms with Crippen molar-refractivity contribution in [2.75, 3.05) is 0 Å². The SMILES string of the molecule is Cc1cc(C(N)c2ccc3c(c2)CCC3)cc(C)c1F. The van der Waals surface area contributed by atoms with Gasteiger partial charge in [0.15, 0.2) is 0 Å². The first-order valence-corrected chi connectivity index (χ1v) is 7.20. The maximum Gasteiger partial charge on any atom is 0.129 e. The normalized spacial score (nSPS) is 15.2. The number of halogens is 1. The summed E-state index contributed by atoms with van der Waals surface area (Å²) in [5.74, 6) is -0.130. The fourth-order valence-corrected chi connectivity index (χ4v) is 3.14. The summed E-state index contributed by atoms with van der Waals surface area (Å²) in [5, 5.41) is 0. The summed E-state index contributed by atoms with van der Waals surface area (Å²) >= 11 is 0. The number of nitrogens with two attached hydrogens (primary N) is 1. The van der Waals surface area contributed by atoms with E-state index in [-0.39, 0.29) is 11.9 Å². The van der Waals surface area contributed by atoms with Crippen LogP contribution >= 0.6 is 0 Å². The highest BCUT2D eigenvalue weighted by Crippen LogP contribution is 2.28. The molecule has 0 bridgehead atoms. The lowest BCUT2D eigenvalue weighted by Gasteiger charge is -2.16. The van der Waals surface area contributed by atoms with Crippen LogP contribution in [0, 0.1) is 19.7 Å². The molecule has 0 aromatic heterocycles. The van der Waals surface area contributed by atoms with Gasteiger partial charge in [-0.15, -0.1) is 0 Å². The summed E-state index contributed by atoms with van der Waals surface area (Å²) in [4.78, 5) is 0. The molecule has 2 aromatic carbocycles. The molecule has 0 heterocycles. The summed E-state index contributed by atoms with van der Waals surface area (Å²) in [6.07, 6.45) is 3.57. The summed E-state index contributed by atoms with van der Waals surface area (Å²) in [6.45, 7) is 3.59. The van der Waals surface area contributed by atoms with Crippen molar-refractivity contribution in [3.8, 4) is 0 Å². The minimum atomic E-state index is -0.182. The molecule has 0 aliphatic heterocycles. The number of rotatable bonds is 2. The second-order valence-corrected chi connectivity index (χ2v) is 5.83. The molecule has 3 rings (SSSR count). The Hall–Kier alpha value is -1.67. The lowest BCUT2D eigenvalue weighted by atomic mass is 9.94. The van der Waals surface area contributed by atoms with E-state index < -0.39 is 0 Å². The first kappa shape index (κ1) is 13.3. The zero-order valence-corrected chi connectivity index (χ0v) is 12.0. The molecule has 0 radical (unpaired) electrons. The van der Waals surface area contributed by atoms with Gasteiger partial charge in [0.05, 0.1) is 6.04 Å². The third-order valence-electron chi connectivity index (χ3n) is 4.30. The molecule has 2 N–H and O–H groups in total. The van der Waals surface area contributed by atoms with E-state index in [1.54, 1.807) is 13.8 Å². The highest BCUT2D eigenvalue weighted by molar-refractivity contribution is 5.42. The van der Waals surface area contributed by atoms with Crippen LogP contribution < -0.4 is 5.73 Å². The molecule has 20 heavy (non-hydrogen) atoms. The predicted octanol–water partition coefficient (Wildman–Crippen LogP) is 3.98. The number of benzene rings is 2. The Bertz CT molecular complexity index is 637. The molecule has 0 amide bonds. The average Bonchev–Trinajstić information content (AvgIpc) is 2.90. The van der Waals surface area contributed by atoms with Gasteiger partial charge in [-0.2, -0.15) is 0 Å². The van der Waals surface area contributed by atoms with Crippen LogP contribution in [0.5, 0.6) is 0 Å². The fraction of sp³-hybridized carbons (Fsp3) is 0.333. The van der Waals surface area contributed by atoms with E-state index in [2.05, 4.69) is 18.2 Å². The Labute approximate surface area is 119 Å². The summed E-state index contributed by atoms with van der Waals surface area (Å²) < 4.78 is 13.7. The fourth-order valence-electron chi connectivity index (χ4n) is 3.14. The largest absolute Gasteiger partial charge is 0.320 e. The van der Waals surface area contributed by atoms with Gasteiger partial charge in [-0.1, -0.05) is 30.3 Å². The van der Waals surface area contributed by atoms with E-state index in [4.69, 9.17) is 5.73 Å². The maximum absolute atomic E-state index is 13.7. The van der Waals surface area contributed by atoms with Gasteiger partial charge in [0, 0.05) is 0 Å². The van der Waals surface area contributed by atoms with Crippen molar-refractivity contribution in [1.29, 1.82) is 0 Å². The van der Waals surface area contributed by atoms with Gasteiger partial charge in [-0.3, -0.25) is 0 Å². The first-order chi connectivity index (χ1) is 9.56. The van der Waals surface area contributed by atoms with Crippen LogP contribution in [0.15, 0.2) is 30.3 Å². The van der Waals surface area contributed by atoms with Gasteiger partial charge in [-0.25, -0.2) is 4.39 Å². The van der Waals surface area contributed by atoms with Crippen molar-refractivity contribution >= 4 is 0 Å². The van der Waals surface area contributed by atoms with Crippen LogP contribution in [0.25, 0.3) is 0 Å². The molecule has 2 heteroatoms. The van der Waals surface area contributed by atoms with Gasteiger partial charge >= 0.3 is 0 Å². The highest BCUT2D eigenvalue weighted by Gasteiger charge is 2.16. The molecule has 1 aliphatic rings. The van der Waals surface area contributed by atoms with Crippen LogP contribution in [0.1, 0.15) is 45.8 Å². The van der Waals surface area contributed by atoms with Crippen LogP contribution in [0.2, 0.25) is 0 Å². The van der Waals surface area contributed by atoms with Crippen LogP contribution in [0.3, 0.4) is 0 Å². The first-order valence-electron chi connectivity index (χ1n) is 7.20. The molecule has 1 atom stereocenters. The van der Waals surface area contributed by atoms with Gasteiger partial charge < -0.3 is 5.73 Å². The zero-order valence-electron chi connectivity index (χ0n) is 12.0. The minimum Gasteiger partial charge on any atom is -0.320 e. The molecular formula is C18H20FN. The van der Waals surface area contributed by atoms with E-state index in [1.165, 1.54) is 24.0 Å². The van der Waals surface area contributed by atoms with Crippen molar-refractivity contribution in [2.45, 2.75) is 39.2 Å². The summed E-state index contributed by atoms with van der Waals surface area (Å²) in [6, 6.07) is 10.1. The van der Waals surface area contributed by atoms with Crippen molar-refractivity contribution in [3.63, 3.8) is 0 Å². The van der Waals surface area contributed by atoms with Crippen molar-refractivity contribution in [1.82, 2.24) is 0 Å². The second kappa shape index (κ2) is 5.02. The third-order valence-corrected chi connectivity index (χ3v) is 4.30. The van der Waals surface area contributed by atoms with Gasteiger partial charge in [0.1, 0.15) is 5.82 Å². The van der Waals surface area contributed by atoms with E-state index in [0.717, 1.165) is 17.5 Å². The summed E-state index contributed by atoms with van der Waals surface area (Å²) in [7, 11) is 0. The van der Waals surface area contributed by atoms with Crippen LogP contribution in [-0.4, -0.2) is 0 Å². The Morgan fingerprint density at radius 1 is 0.950 bits per heavy atom. The maximum atomic E-state index is 13.7. The van der Waals surface area contributed by atoms with E-state index in [1.807, 2.05) is 12.1 Å². The molecule has 0 saturated carbocycles.